The number of unbranched alkanes of at least 4 members (excludes halogenated alkanes) is 1. The van der Waals surface area contributed by atoms with Crippen molar-refractivity contribution >= 4 is 5.91 Å². The van der Waals surface area contributed by atoms with Crippen molar-refractivity contribution in [1.29, 1.82) is 0 Å². The summed E-state index contributed by atoms with van der Waals surface area (Å²) in [6, 6.07) is 0. The maximum Gasteiger partial charge on any atom is 0.227 e. The third-order valence-electron chi connectivity index (χ3n) is 3.72. The third kappa shape index (κ3) is 4.05. The van der Waals surface area contributed by atoms with Crippen molar-refractivity contribution in [2.45, 2.75) is 51.4 Å². The third-order valence-corrected chi connectivity index (χ3v) is 3.72. The molecule has 0 aromatic rings. The van der Waals surface area contributed by atoms with Crippen LogP contribution in [0.3, 0.4) is 0 Å². The van der Waals surface area contributed by atoms with E-state index >= 15 is 0 Å². The van der Waals surface area contributed by atoms with Gasteiger partial charge in [0.2, 0.25) is 5.91 Å². The van der Waals surface area contributed by atoms with Crippen molar-refractivity contribution in [3.8, 4) is 12.3 Å². The second-order valence-corrected chi connectivity index (χ2v) is 4.96. The van der Waals surface area contributed by atoms with Crippen LogP contribution in [0.4, 0.5) is 0 Å². The highest BCUT2D eigenvalue weighted by Gasteiger charge is 2.36. The van der Waals surface area contributed by atoms with E-state index in [4.69, 9.17) is 12.2 Å². The lowest BCUT2D eigenvalue weighted by molar-refractivity contribution is -0.131. The monoisotopic (exact) mass is 236 g/mol. The normalized spacial score (nSPS) is 19.1. The number of nitrogens with two attached hydrogens (primary N) is 1. The summed E-state index contributed by atoms with van der Waals surface area (Å²) in [7, 11) is 0. The van der Waals surface area contributed by atoms with Gasteiger partial charge in [0.15, 0.2) is 0 Å². The molecule has 0 atom stereocenters. The van der Waals surface area contributed by atoms with E-state index in [1.54, 1.807) is 0 Å². The van der Waals surface area contributed by atoms with Crippen LogP contribution in [0, 0.1) is 17.8 Å². The van der Waals surface area contributed by atoms with Gasteiger partial charge in [-0.1, -0.05) is 25.7 Å². The van der Waals surface area contributed by atoms with Crippen molar-refractivity contribution in [1.82, 2.24) is 5.32 Å². The molecular weight excluding hydrogens is 212 g/mol. The SMILES string of the molecule is C#CCCCNC(=O)C1(CN)CCCCCC1. The predicted molar refractivity (Wildman–Crippen MR) is 70.3 cm³/mol. The highest BCUT2D eigenvalue weighted by atomic mass is 16.2. The van der Waals surface area contributed by atoms with Crippen molar-refractivity contribution in [2.75, 3.05) is 13.1 Å². The smallest absolute Gasteiger partial charge is 0.227 e. The van der Waals surface area contributed by atoms with Crippen LogP contribution in [-0.2, 0) is 4.79 Å². The van der Waals surface area contributed by atoms with Crippen LogP contribution in [0.1, 0.15) is 51.4 Å². The molecule has 0 radical (unpaired) electrons. The van der Waals surface area contributed by atoms with Crippen molar-refractivity contribution in [3.63, 3.8) is 0 Å². The Bertz CT molecular complexity index is 272. The summed E-state index contributed by atoms with van der Waals surface area (Å²) in [5, 5.41) is 2.99. The van der Waals surface area contributed by atoms with Crippen LogP contribution in [0.5, 0.6) is 0 Å². The van der Waals surface area contributed by atoms with E-state index in [9.17, 15) is 4.79 Å². The lowest BCUT2D eigenvalue weighted by atomic mass is 9.79. The van der Waals surface area contributed by atoms with Crippen LogP contribution in [0.25, 0.3) is 0 Å². The van der Waals surface area contributed by atoms with E-state index < -0.39 is 0 Å². The number of hydrogen-bond donors (Lipinski definition) is 2. The summed E-state index contributed by atoms with van der Waals surface area (Å²) in [5.74, 6) is 2.72. The molecule has 3 N–H and O–H groups in total. The van der Waals surface area contributed by atoms with Gasteiger partial charge in [-0.2, -0.15) is 0 Å². The van der Waals surface area contributed by atoms with Gasteiger partial charge in [0.05, 0.1) is 5.41 Å². The molecule has 1 amide bonds. The Kier molecular flexibility index (Phi) is 6.07. The minimum absolute atomic E-state index is 0.138. The first-order valence-electron chi connectivity index (χ1n) is 6.67. The second kappa shape index (κ2) is 7.34. The predicted octanol–water partition coefficient (Wildman–Crippen LogP) is 1.82. The summed E-state index contributed by atoms with van der Waals surface area (Å²) in [6.45, 7) is 1.14. The van der Waals surface area contributed by atoms with Gasteiger partial charge in [0.25, 0.3) is 0 Å². The zero-order chi connectivity index (χ0) is 12.6. The fraction of sp³-hybridized carbons (Fsp3) is 0.786. The molecule has 96 valence electrons. The molecule has 1 fully saturated rings. The Morgan fingerprint density at radius 1 is 1.29 bits per heavy atom. The van der Waals surface area contributed by atoms with E-state index in [0.717, 1.165) is 38.5 Å². The Labute approximate surface area is 105 Å². The molecule has 0 spiro atoms. The summed E-state index contributed by atoms with van der Waals surface area (Å²) >= 11 is 0. The molecular formula is C14H24N2O. The van der Waals surface area contributed by atoms with Crippen molar-refractivity contribution < 1.29 is 4.79 Å². The highest BCUT2D eigenvalue weighted by molar-refractivity contribution is 5.82. The van der Waals surface area contributed by atoms with Crippen molar-refractivity contribution in [2.24, 2.45) is 11.1 Å². The molecule has 0 aliphatic heterocycles. The number of nitrogens with one attached hydrogen (secondary N) is 1. The number of amides is 1. The molecule has 1 aliphatic rings. The zero-order valence-corrected chi connectivity index (χ0v) is 10.6. The first kappa shape index (κ1) is 14.1. The van der Waals surface area contributed by atoms with Gasteiger partial charge in [0, 0.05) is 19.5 Å². The quantitative estimate of drug-likeness (QED) is 0.434. The van der Waals surface area contributed by atoms with Gasteiger partial charge >= 0.3 is 0 Å². The van der Waals surface area contributed by atoms with Gasteiger partial charge in [-0.25, -0.2) is 0 Å². The minimum atomic E-state index is -0.313. The van der Waals surface area contributed by atoms with E-state index in [1.807, 2.05) is 0 Å². The van der Waals surface area contributed by atoms with Crippen LogP contribution < -0.4 is 11.1 Å². The fourth-order valence-corrected chi connectivity index (χ4v) is 2.51. The molecule has 3 heteroatoms. The molecule has 1 rings (SSSR count). The Morgan fingerprint density at radius 2 is 1.94 bits per heavy atom. The van der Waals surface area contributed by atoms with Crippen LogP contribution >= 0.6 is 0 Å². The van der Waals surface area contributed by atoms with Gasteiger partial charge in [-0.05, 0) is 19.3 Å². The number of carbonyl (C=O) groups is 1. The average Bonchev–Trinajstić information content (AvgIpc) is 2.60. The molecule has 0 saturated heterocycles. The Hall–Kier alpha value is -1.01. The van der Waals surface area contributed by atoms with Crippen LogP contribution in [-0.4, -0.2) is 19.0 Å². The minimum Gasteiger partial charge on any atom is -0.356 e. The molecule has 0 bridgehead atoms. The van der Waals surface area contributed by atoms with E-state index in [-0.39, 0.29) is 11.3 Å². The maximum absolute atomic E-state index is 12.2. The molecule has 1 saturated carbocycles. The van der Waals surface area contributed by atoms with E-state index in [2.05, 4.69) is 11.2 Å². The van der Waals surface area contributed by atoms with Crippen molar-refractivity contribution in [3.05, 3.63) is 0 Å². The summed E-state index contributed by atoms with van der Waals surface area (Å²) in [4.78, 5) is 12.2. The summed E-state index contributed by atoms with van der Waals surface area (Å²) in [6.07, 6.45) is 13.3. The number of rotatable bonds is 5. The van der Waals surface area contributed by atoms with E-state index in [1.165, 1.54) is 12.8 Å². The zero-order valence-electron chi connectivity index (χ0n) is 10.6. The van der Waals surface area contributed by atoms with Crippen LogP contribution in [0.15, 0.2) is 0 Å². The highest BCUT2D eigenvalue weighted by Crippen LogP contribution is 2.34. The first-order chi connectivity index (χ1) is 8.25. The topological polar surface area (TPSA) is 55.1 Å². The fourth-order valence-electron chi connectivity index (χ4n) is 2.51. The molecule has 0 heterocycles. The molecule has 17 heavy (non-hydrogen) atoms. The standard InChI is InChI=1S/C14H24N2O/c1-2-3-8-11-16-13(17)14(12-15)9-6-4-5-7-10-14/h1H,3-12,15H2,(H,16,17). The summed E-state index contributed by atoms with van der Waals surface area (Å²) < 4.78 is 0. The van der Waals surface area contributed by atoms with Crippen LogP contribution in [0.2, 0.25) is 0 Å². The van der Waals surface area contributed by atoms with Gasteiger partial charge in [-0.3, -0.25) is 4.79 Å². The lowest BCUT2D eigenvalue weighted by Gasteiger charge is -2.29. The largest absolute Gasteiger partial charge is 0.356 e. The first-order valence-corrected chi connectivity index (χ1v) is 6.67. The average molecular weight is 236 g/mol. The van der Waals surface area contributed by atoms with Gasteiger partial charge in [-0.15, -0.1) is 12.3 Å². The number of terminal acetylenes is 1. The Balaban J connectivity index is 2.47. The molecule has 3 nitrogen and oxygen atoms in total. The molecule has 0 aromatic carbocycles. The maximum atomic E-state index is 12.2. The van der Waals surface area contributed by atoms with Gasteiger partial charge < -0.3 is 11.1 Å². The molecule has 1 aliphatic carbocycles. The summed E-state index contributed by atoms with van der Waals surface area (Å²) in [5.41, 5.74) is 5.53. The number of hydrogen-bond acceptors (Lipinski definition) is 2. The second-order valence-electron chi connectivity index (χ2n) is 4.96. The molecule has 0 aromatic heterocycles. The number of carbonyl (C=O) groups excluding carboxylic acids is 1. The lowest BCUT2D eigenvalue weighted by Crippen LogP contribution is -2.46. The molecule has 0 unspecified atom stereocenters. The van der Waals surface area contributed by atoms with Gasteiger partial charge in [0.1, 0.15) is 0 Å². The van der Waals surface area contributed by atoms with E-state index in [0.29, 0.717) is 13.1 Å². The Morgan fingerprint density at radius 3 is 2.47 bits per heavy atom.